The van der Waals surface area contributed by atoms with E-state index in [1.54, 1.807) is 29.2 Å². The molecule has 0 saturated heterocycles. The molecule has 136 valence electrons. The maximum atomic E-state index is 12.7. The van der Waals surface area contributed by atoms with Gasteiger partial charge in [-0.1, -0.05) is 24.3 Å². The zero-order valence-electron chi connectivity index (χ0n) is 15.3. The number of hydrogen-bond acceptors (Lipinski definition) is 4. The van der Waals surface area contributed by atoms with Crippen molar-refractivity contribution >= 4 is 22.1 Å². The quantitative estimate of drug-likeness (QED) is 0.490. The standard InChI is InChI=1S/C22H17N5O/c1-26-13-24-19-8-7-17(11-20(19)26)16-5-2-4-15(10-16)12-27-14-25-21-18(22(27)28)6-3-9-23-21/h2-11,13-14H,12H2,1H3. The number of rotatable bonds is 3. The average molecular weight is 367 g/mol. The first kappa shape index (κ1) is 16.4. The highest BCUT2D eigenvalue weighted by Crippen LogP contribution is 2.24. The number of fused-ring (bicyclic) bond motifs is 2. The highest BCUT2D eigenvalue weighted by atomic mass is 16.1. The first-order valence-electron chi connectivity index (χ1n) is 8.99. The monoisotopic (exact) mass is 367 g/mol. The van der Waals surface area contributed by atoms with Crippen LogP contribution in [-0.2, 0) is 13.6 Å². The van der Waals surface area contributed by atoms with Gasteiger partial charge in [-0.05, 0) is 47.0 Å². The molecule has 5 aromatic rings. The second-order valence-electron chi connectivity index (χ2n) is 6.81. The van der Waals surface area contributed by atoms with E-state index >= 15 is 0 Å². The molecular formula is C22H17N5O. The Morgan fingerprint density at radius 3 is 2.71 bits per heavy atom. The summed E-state index contributed by atoms with van der Waals surface area (Å²) in [5.41, 5.74) is 5.71. The minimum atomic E-state index is -0.0835. The van der Waals surface area contributed by atoms with Gasteiger partial charge in [-0.2, -0.15) is 0 Å². The fourth-order valence-electron chi connectivity index (χ4n) is 3.46. The van der Waals surface area contributed by atoms with E-state index in [0.29, 0.717) is 17.6 Å². The van der Waals surface area contributed by atoms with Gasteiger partial charge < -0.3 is 4.57 Å². The van der Waals surface area contributed by atoms with Crippen molar-refractivity contribution in [3.05, 3.63) is 89.4 Å². The Morgan fingerprint density at radius 2 is 1.79 bits per heavy atom. The number of imidazole rings is 1. The molecule has 3 aromatic heterocycles. The van der Waals surface area contributed by atoms with Gasteiger partial charge in [0.15, 0.2) is 5.65 Å². The highest BCUT2D eigenvalue weighted by molar-refractivity contribution is 5.82. The first-order chi connectivity index (χ1) is 13.7. The molecule has 0 radical (unpaired) electrons. The van der Waals surface area contributed by atoms with Crippen LogP contribution >= 0.6 is 0 Å². The topological polar surface area (TPSA) is 65.6 Å². The molecule has 0 fully saturated rings. The Balaban J connectivity index is 1.53. The number of pyridine rings is 1. The maximum absolute atomic E-state index is 12.7. The van der Waals surface area contributed by atoms with Crippen LogP contribution in [0.5, 0.6) is 0 Å². The van der Waals surface area contributed by atoms with Crippen LogP contribution in [0.2, 0.25) is 0 Å². The predicted octanol–water partition coefficient (Wildman–Crippen LogP) is 3.39. The van der Waals surface area contributed by atoms with Crippen molar-refractivity contribution in [2.24, 2.45) is 7.05 Å². The van der Waals surface area contributed by atoms with Crippen LogP contribution in [0.4, 0.5) is 0 Å². The third-order valence-electron chi connectivity index (χ3n) is 4.94. The van der Waals surface area contributed by atoms with Gasteiger partial charge in [0.05, 0.1) is 29.3 Å². The van der Waals surface area contributed by atoms with Crippen molar-refractivity contribution in [3.63, 3.8) is 0 Å². The van der Waals surface area contributed by atoms with E-state index < -0.39 is 0 Å². The zero-order valence-corrected chi connectivity index (χ0v) is 15.3. The van der Waals surface area contributed by atoms with Gasteiger partial charge in [-0.25, -0.2) is 15.0 Å². The molecule has 0 aliphatic rings. The Labute approximate surface area is 160 Å². The van der Waals surface area contributed by atoms with Crippen molar-refractivity contribution in [3.8, 4) is 11.1 Å². The van der Waals surface area contributed by atoms with E-state index in [-0.39, 0.29) is 5.56 Å². The van der Waals surface area contributed by atoms with Crippen LogP contribution in [0.3, 0.4) is 0 Å². The SMILES string of the molecule is Cn1cnc2ccc(-c3cccc(Cn4cnc5ncccc5c4=O)c3)cc21. The molecule has 0 saturated carbocycles. The molecule has 28 heavy (non-hydrogen) atoms. The third-order valence-corrected chi connectivity index (χ3v) is 4.94. The van der Waals surface area contributed by atoms with Crippen LogP contribution in [0, 0.1) is 0 Å². The van der Waals surface area contributed by atoms with Gasteiger partial charge in [-0.3, -0.25) is 9.36 Å². The molecule has 0 atom stereocenters. The van der Waals surface area contributed by atoms with E-state index in [2.05, 4.69) is 39.2 Å². The van der Waals surface area contributed by atoms with E-state index in [1.165, 1.54) is 0 Å². The number of benzene rings is 2. The highest BCUT2D eigenvalue weighted by Gasteiger charge is 2.07. The predicted molar refractivity (Wildman–Crippen MR) is 109 cm³/mol. The van der Waals surface area contributed by atoms with E-state index in [0.717, 1.165) is 27.7 Å². The van der Waals surface area contributed by atoms with Gasteiger partial charge in [0, 0.05) is 13.2 Å². The number of nitrogens with zero attached hydrogens (tertiary/aromatic N) is 5. The molecule has 0 aliphatic carbocycles. The summed E-state index contributed by atoms with van der Waals surface area (Å²) in [5, 5.41) is 0.530. The smallest absolute Gasteiger partial charge is 0.263 e. The lowest BCUT2D eigenvalue weighted by Gasteiger charge is -2.09. The molecule has 0 aliphatic heterocycles. The lowest BCUT2D eigenvalue weighted by Crippen LogP contribution is -2.21. The molecule has 3 heterocycles. The van der Waals surface area contributed by atoms with Crippen molar-refractivity contribution in [1.29, 1.82) is 0 Å². The molecule has 2 aromatic carbocycles. The second kappa shape index (κ2) is 6.42. The fourth-order valence-corrected chi connectivity index (χ4v) is 3.46. The molecular weight excluding hydrogens is 350 g/mol. The van der Waals surface area contributed by atoms with Gasteiger partial charge in [0.25, 0.3) is 5.56 Å². The summed E-state index contributed by atoms with van der Waals surface area (Å²) < 4.78 is 3.63. The zero-order chi connectivity index (χ0) is 19.1. The van der Waals surface area contributed by atoms with Crippen molar-refractivity contribution in [1.82, 2.24) is 24.1 Å². The van der Waals surface area contributed by atoms with Crippen LogP contribution < -0.4 is 5.56 Å². The van der Waals surface area contributed by atoms with E-state index in [4.69, 9.17) is 0 Å². The van der Waals surface area contributed by atoms with E-state index in [1.807, 2.05) is 36.1 Å². The first-order valence-corrected chi connectivity index (χ1v) is 8.99. The van der Waals surface area contributed by atoms with Gasteiger partial charge in [-0.15, -0.1) is 0 Å². The number of hydrogen-bond donors (Lipinski definition) is 0. The molecule has 5 rings (SSSR count). The number of aryl methyl sites for hydroxylation is 1. The van der Waals surface area contributed by atoms with Crippen molar-refractivity contribution in [2.75, 3.05) is 0 Å². The van der Waals surface area contributed by atoms with Gasteiger partial charge >= 0.3 is 0 Å². The summed E-state index contributed by atoms with van der Waals surface area (Å²) in [4.78, 5) is 25.5. The summed E-state index contributed by atoms with van der Waals surface area (Å²) in [6.07, 6.45) is 5.02. The Hall–Kier alpha value is -3.80. The fraction of sp³-hybridized carbons (Fsp3) is 0.0909. The summed E-state index contributed by atoms with van der Waals surface area (Å²) >= 11 is 0. The molecule has 0 amide bonds. The van der Waals surface area contributed by atoms with Crippen molar-refractivity contribution in [2.45, 2.75) is 6.54 Å². The second-order valence-corrected chi connectivity index (χ2v) is 6.81. The Bertz CT molecular complexity index is 1380. The normalized spacial score (nSPS) is 11.3. The minimum absolute atomic E-state index is 0.0835. The third kappa shape index (κ3) is 2.75. The largest absolute Gasteiger partial charge is 0.334 e. The summed E-state index contributed by atoms with van der Waals surface area (Å²) in [6, 6.07) is 18.0. The minimum Gasteiger partial charge on any atom is -0.334 e. The van der Waals surface area contributed by atoms with Gasteiger partial charge in [0.2, 0.25) is 0 Å². The van der Waals surface area contributed by atoms with Crippen LogP contribution in [0.25, 0.3) is 33.2 Å². The summed E-state index contributed by atoms with van der Waals surface area (Å²) in [6.45, 7) is 0.457. The molecule has 0 spiro atoms. The molecule has 0 bridgehead atoms. The molecule has 0 N–H and O–H groups in total. The molecule has 6 heteroatoms. The van der Waals surface area contributed by atoms with Crippen LogP contribution in [-0.4, -0.2) is 24.1 Å². The van der Waals surface area contributed by atoms with Crippen molar-refractivity contribution < 1.29 is 0 Å². The van der Waals surface area contributed by atoms with Gasteiger partial charge in [0.1, 0.15) is 6.33 Å². The lowest BCUT2D eigenvalue weighted by molar-refractivity contribution is 0.747. The summed E-state index contributed by atoms with van der Waals surface area (Å²) in [7, 11) is 1.99. The maximum Gasteiger partial charge on any atom is 0.263 e. The Kier molecular flexibility index (Phi) is 3.76. The van der Waals surface area contributed by atoms with Crippen LogP contribution in [0.15, 0.2) is 78.2 Å². The number of aromatic nitrogens is 5. The molecule has 0 unspecified atom stereocenters. The summed E-state index contributed by atoms with van der Waals surface area (Å²) in [5.74, 6) is 0. The lowest BCUT2D eigenvalue weighted by atomic mass is 10.0. The van der Waals surface area contributed by atoms with Crippen LogP contribution in [0.1, 0.15) is 5.56 Å². The average Bonchev–Trinajstić information content (AvgIpc) is 3.11. The molecule has 6 nitrogen and oxygen atoms in total. The Morgan fingerprint density at radius 1 is 0.893 bits per heavy atom. The van der Waals surface area contributed by atoms with E-state index in [9.17, 15) is 4.79 Å².